The van der Waals surface area contributed by atoms with E-state index in [1.807, 2.05) is 42.2 Å². The Morgan fingerprint density at radius 2 is 1.77 bits per heavy atom. The number of halogens is 2. The molecule has 35 heavy (non-hydrogen) atoms. The lowest BCUT2D eigenvalue weighted by molar-refractivity contribution is 0.0610. The topological polar surface area (TPSA) is 40.4 Å². The van der Waals surface area contributed by atoms with Gasteiger partial charge in [0.25, 0.3) is 0 Å². The van der Waals surface area contributed by atoms with Gasteiger partial charge >= 0.3 is 0 Å². The second-order valence-corrected chi connectivity index (χ2v) is 10.6. The molecule has 186 valence electrons. The Morgan fingerprint density at radius 3 is 2.43 bits per heavy atom. The summed E-state index contributed by atoms with van der Waals surface area (Å²) in [5, 5.41) is 1.50. The van der Waals surface area contributed by atoms with Gasteiger partial charge in [-0.3, -0.25) is 9.80 Å². The second kappa shape index (κ2) is 10.9. The van der Waals surface area contributed by atoms with Crippen molar-refractivity contribution >= 4 is 29.0 Å². The number of piperidine rings is 1. The third-order valence-corrected chi connectivity index (χ3v) is 8.08. The van der Waals surface area contributed by atoms with Crippen LogP contribution in [0.15, 0.2) is 48.9 Å². The van der Waals surface area contributed by atoms with Crippen LogP contribution in [0.4, 0.5) is 5.82 Å². The molecule has 1 aromatic carbocycles. The first-order chi connectivity index (χ1) is 17.0. The zero-order chi connectivity index (χ0) is 24.4. The van der Waals surface area contributed by atoms with Crippen LogP contribution in [0.5, 0.6) is 0 Å². The minimum atomic E-state index is 0.517. The zero-order valence-electron chi connectivity index (χ0n) is 20.6. The highest BCUT2D eigenvalue weighted by atomic mass is 35.5. The molecule has 5 rings (SSSR count). The molecule has 0 bridgehead atoms. The van der Waals surface area contributed by atoms with Gasteiger partial charge in [-0.25, -0.2) is 9.97 Å². The lowest BCUT2D eigenvalue weighted by Gasteiger charge is -2.47. The minimum absolute atomic E-state index is 0.517. The summed E-state index contributed by atoms with van der Waals surface area (Å²) >= 11 is 12.8. The van der Waals surface area contributed by atoms with Crippen LogP contribution in [-0.4, -0.2) is 69.1 Å². The maximum absolute atomic E-state index is 6.73. The van der Waals surface area contributed by atoms with Gasteiger partial charge in [-0.2, -0.15) is 0 Å². The number of rotatable bonds is 6. The molecule has 2 aliphatic rings. The zero-order valence-corrected chi connectivity index (χ0v) is 22.1. The van der Waals surface area contributed by atoms with E-state index in [0.29, 0.717) is 17.1 Å². The van der Waals surface area contributed by atoms with E-state index < -0.39 is 0 Å². The van der Waals surface area contributed by atoms with E-state index in [9.17, 15) is 0 Å². The van der Waals surface area contributed by atoms with Crippen LogP contribution in [0.1, 0.15) is 31.7 Å². The number of imidazole rings is 1. The molecule has 2 aromatic heterocycles. The Morgan fingerprint density at radius 1 is 1.00 bits per heavy atom. The average Bonchev–Trinajstić information content (AvgIpc) is 3.31. The van der Waals surface area contributed by atoms with Crippen LogP contribution >= 0.6 is 23.2 Å². The van der Waals surface area contributed by atoms with Crippen molar-refractivity contribution in [1.82, 2.24) is 24.3 Å². The number of anilines is 1. The number of pyridine rings is 1. The van der Waals surface area contributed by atoms with E-state index in [0.717, 1.165) is 67.9 Å². The number of likely N-dealkylation sites (tertiary alicyclic amines) is 1. The average molecular weight is 514 g/mol. The third-order valence-electron chi connectivity index (χ3n) is 7.55. The summed E-state index contributed by atoms with van der Waals surface area (Å²) in [6.07, 6.45) is 9.20. The van der Waals surface area contributed by atoms with Crippen molar-refractivity contribution in [2.75, 3.05) is 37.6 Å². The highest BCUT2D eigenvalue weighted by molar-refractivity contribution is 6.33. The fourth-order valence-corrected chi connectivity index (χ4v) is 6.00. The highest BCUT2D eigenvalue weighted by Crippen LogP contribution is 2.31. The summed E-state index contributed by atoms with van der Waals surface area (Å²) in [5.74, 6) is 1.77. The van der Waals surface area contributed by atoms with Gasteiger partial charge in [-0.1, -0.05) is 42.3 Å². The molecule has 6 nitrogen and oxygen atoms in total. The van der Waals surface area contributed by atoms with Crippen LogP contribution in [0, 0.1) is 0 Å². The van der Waals surface area contributed by atoms with Crippen molar-refractivity contribution < 1.29 is 0 Å². The van der Waals surface area contributed by atoms with Crippen molar-refractivity contribution in [3.05, 3.63) is 64.5 Å². The second-order valence-electron chi connectivity index (χ2n) is 9.77. The molecular weight excluding hydrogens is 479 g/mol. The number of hydrogen-bond acceptors (Lipinski definition) is 5. The van der Waals surface area contributed by atoms with E-state index in [2.05, 4.69) is 38.7 Å². The number of nitrogens with zero attached hydrogens (tertiary/aromatic N) is 6. The molecule has 0 saturated carbocycles. The minimum Gasteiger partial charge on any atom is -0.353 e. The predicted octanol–water partition coefficient (Wildman–Crippen LogP) is 5.35. The lowest BCUT2D eigenvalue weighted by atomic mass is 9.98. The van der Waals surface area contributed by atoms with Crippen molar-refractivity contribution in [3.63, 3.8) is 0 Å². The van der Waals surface area contributed by atoms with Gasteiger partial charge in [-0.05, 0) is 56.1 Å². The molecule has 3 aromatic rings. The molecule has 0 spiro atoms. The van der Waals surface area contributed by atoms with Gasteiger partial charge in [0, 0.05) is 74.5 Å². The van der Waals surface area contributed by atoms with Gasteiger partial charge < -0.3 is 9.47 Å². The quantitative estimate of drug-likeness (QED) is 0.444. The summed E-state index contributed by atoms with van der Waals surface area (Å²) in [7, 11) is 1.98. The molecular formula is C27H34Cl2N6. The fraction of sp³-hybridized carbons (Fsp3) is 0.481. The molecule has 1 atom stereocenters. The normalized spacial score (nSPS) is 20.5. The van der Waals surface area contributed by atoms with Gasteiger partial charge in [0.15, 0.2) is 0 Å². The summed E-state index contributed by atoms with van der Waals surface area (Å²) in [6.45, 7) is 8.58. The van der Waals surface area contributed by atoms with Gasteiger partial charge in [-0.15, -0.1) is 0 Å². The summed E-state index contributed by atoms with van der Waals surface area (Å²) in [6, 6.07) is 11.4. The summed E-state index contributed by atoms with van der Waals surface area (Å²) in [4.78, 5) is 16.9. The molecule has 0 amide bonds. The molecule has 0 radical (unpaired) electrons. The monoisotopic (exact) mass is 512 g/mol. The van der Waals surface area contributed by atoms with E-state index in [1.54, 1.807) is 6.20 Å². The van der Waals surface area contributed by atoms with Crippen molar-refractivity contribution in [3.8, 4) is 11.4 Å². The van der Waals surface area contributed by atoms with E-state index >= 15 is 0 Å². The predicted molar refractivity (Wildman–Crippen MR) is 144 cm³/mol. The Bertz CT molecular complexity index is 1120. The van der Waals surface area contributed by atoms with Crippen LogP contribution in [0.2, 0.25) is 10.0 Å². The van der Waals surface area contributed by atoms with Crippen molar-refractivity contribution in [2.45, 2.75) is 44.8 Å². The Kier molecular flexibility index (Phi) is 7.63. The van der Waals surface area contributed by atoms with E-state index in [1.165, 1.54) is 18.4 Å². The molecule has 0 aliphatic carbocycles. The van der Waals surface area contributed by atoms with Gasteiger partial charge in [0.05, 0.1) is 5.02 Å². The first kappa shape index (κ1) is 24.6. The highest BCUT2D eigenvalue weighted by Gasteiger charge is 2.34. The Balaban J connectivity index is 1.19. The molecule has 2 saturated heterocycles. The standard InChI is InChI=1S/C27H34Cl2N6/c1-3-23-19-34(27-25(29)16-21(17-31-27)26-30-10-13-32(26)2)14-15-35(23)24-8-11-33(12-9-24)18-20-4-6-22(28)7-5-20/h4-7,10,13,16-17,23-24H,3,8-9,11-12,14-15,18-19H2,1-2H3/t23-/m0/s1. The maximum atomic E-state index is 6.73. The van der Waals surface area contributed by atoms with Gasteiger partial charge in [0.2, 0.25) is 0 Å². The van der Waals surface area contributed by atoms with E-state index in [4.69, 9.17) is 28.2 Å². The molecule has 0 N–H and O–H groups in total. The summed E-state index contributed by atoms with van der Waals surface area (Å²) < 4.78 is 1.99. The lowest BCUT2D eigenvalue weighted by Crippen LogP contribution is -2.58. The van der Waals surface area contributed by atoms with Crippen LogP contribution < -0.4 is 4.90 Å². The SMILES string of the molecule is CC[C@H]1CN(c2ncc(-c3nccn3C)cc2Cl)CCN1C1CCN(Cc2ccc(Cl)cc2)CC1. The van der Waals surface area contributed by atoms with Crippen LogP contribution in [0.3, 0.4) is 0 Å². The Labute approximate surface area is 218 Å². The fourth-order valence-electron chi connectivity index (χ4n) is 5.59. The van der Waals surface area contributed by atoms with Gasteiger partial charge in [0.1, 0.15) is 11.6 Å². The molecule has 8 heteroatoms. The smallest absolute Gasteiger partial charge is 0.147 e. The largest absolute Gasteiger partial charge is 0.353 e. The first-order valence-corrected chi connectivity index (χ1v) is 13.4. The summed E-state index contributed by atoms with van der Waals surface area (Å²) in [5.41, 5.74) is 2.29. The first-order valence-electron chi connectivity index (χ1n) is 12.6. The number of aryl methyl sites for hydroxylation is 1. The molecule has 4 heterocycles. The number of piperazine rings is 1. The molecule has 0 unspecified atom stereocenters. The molecule has 2 aliphatic heterocycles. The van der Waals surface area contributed by atoms with Crippen molar-refractivity contribution in [1.29, 1.82) is 0 Å². The van der Waals surface area contributed by atoms with Crippen LogP contribution in [-0.2, 0) is 13.6 Å². The Hall–Kier alpha value is -2.12. The third kappa shape index (κ3) is 5.51. The number of aromatic nitrogens is 3. The van der Waals surface area contributed by atoms with E-state index in [-0.39, 0.29) is 0 Å². The molecule has 2 fully saturated rings. The number of hydrogen-bond donors (Lipinski definition) is 0. The maximum Gasteiger partial charge on any atom is 0.147 e. The number of benzene rings is 1. The van der Waals surface area contributed by atoms with Crippen LogP contribution in [0.25, 0.3) is 11.4 Å². The van der Waals surface area contributed by atoms with Crippen molar-refractivity contribution in [2.24, 2.45) is 7.05 Å².